The van der Waals surface area contributed by atoms with Gasteiger partial charge in [-0.05, 0) is 66.8 Å². The molecule has 6 nitrogen and oxygen atoms in total. The van der Waals surface area contributed by atoms with Gasteiger partial charge >= 0.3 is 12.1 Å². The van der Waals surface area contributed by atoms with Crippen molar-refractivity contribution in [2.45, 2.75) is 6.18 Å². The normalized spacial score (nSPS) is 12.8. The average Bonchev–Trinajstić information content (AvgIpc) is 3.51. The topological polar surface area (TPSA) is 83.7 Å². The van der Waals surface area contributed by atoms with Crippen LogP contribution in [0.3, 0.4) is 0 Å². The van der Waals surface area contributed by atoms with Gasteiger partial charge in [-0.15, -0.1) is 0 Å². The first kappa shape index (κ1) is 19.8. The van der Waals surface area contributed by atoms with Gasteiger partial charge in [0.1, 0.15) is 5.56 Å². The minimum Gasteiger partial charge on any atom is -0.452 e. The number of fused-ring (bicyclic) bond motifs is 8. The molecule has 8 bridgehead atoms. The second-order valence-electron chi connectivity index (χ2n) is 7.24. The highest BCUT2D eigenvalue weighted by Crippen LogP contribution is 2.22. The third-order valence-electron chi connectivity index (χ3n) is 4.80. The first-order chi connectivity index (χ1) is 15.3. The molecular formula is C23H15F3N4O2. The van der Waals surface area contributed by atoms with E-state index in [4.69, 9.17) is 0 Å². The lowest BCUT2D eigenvalue weighted by molar-refractivity contribution is -0.161. The molecule has 0 spiro atoms. The number of H-pyrrole nitrogens is 2. The molecule has 0 saturated heterocycles. The van der Waals surface area contributed by atoms with E-state index in [1.165, 1.54) is 0 Å². The number of rotatable bonds is 2. The summed E-state index contributed by atoms with van der Waals surface area (Å²) in [5.74, 6) is -1.10. The van der Waals surface area contributed by atoms with Crippen LogP contribution in [0.2, 0.25) is 0 Å². The lowest BCUT2D eigenvalue weighted by Crippen LogP contribution is -2.20. The number of ether oxygens (including phenoxy) is 1. The zero-order valence-corrected chi connectivity index (χ0v) is 16.4. The molecule has 9 heteroatoms. The Balaban J connectivity index is 1.76. The third kappa shape index (κ3) is 4.18. The van der Waals surface area contributed by atoms with Gasteiger partial charge in [0.25, 0.3) is 0 Å². The van der Waals surface area contributed by atoms with Crippen LogP contribution in [0.25, 0.3) is 46.4 Å². The Morgan fingerprint density at radius 1 is 0.781 bits per heavy atom. The molecule has 0 amide bonds. The Kier molecular flexibility index (Phi) is 4.66. The van der Waals surface area contributed by atoms with Gasteiger partial charge < -0.3 is 14.7 Å². The summed E-state index contributed by atoms with van der Waals surface area (Å²) in [4.78, 5) is 27.8. The van der Waals surface area contributed by atoms with Crippen molar-refractivity contribution in [3.63, 3.8) is 0 Å². The second-order valence-corrected chi connectivity index (χ2v) is 7.24. The number of nitrogens with zero attached hydrogens (tertiary/aromatic N) is 2. The molecule has 0 radical (unpaired) electrons. The lowest BCUT2D eigenvalue weighted by Gasteiger charge is -2.08. The number of hydrogen-bond acceptors (Lipinski definition) is 4. The Morgan fingerprint density at radius 2 is 1.25 bits per heavy atom. The first-order valence-corrected chi connectivity index (χ1v) is 9.64. The molecule has 160 valence electrons. The highest BCUT2D eigenvalue weighted by atomic mass is 19.4. The van der Waals surface area contributed by atoms with E-state index >= 15 is 0 Å². The molecule has 0 aromatic carbocycles. The molecule has 2 aliphatic heterocycles. The number of carbonyl (C=O) groups is 1. The molecule has 5 rings (SSSR count). The minimum atomic E-state index is -4.63. The number of nitrogens with one attached hydrogen (secondary N) is 2. The summed E-state index contributed by atoms with van der Waals surface area (Å²) < 4.78 is 42.4. The van der Waals surface area contributed by atoms with Crippen LogP contribution in [0.5, 0.6) is 0 Å². The molecule has 3 aromatic heterocycles. The van der Waals surface area contributed by atoms with Gasteiger partial charge in [-0.2, -0.15) is 13.2 Å². The van der Waals surface area contributed by atoms with E-state index in [0.29, 0.717) is 33.5 Å². The van der Waals surface area contributed by atoms with Crippen LogP contribution < -0.4 is 0 Å². The zero-order valence-electron chi connectivity index (χ0n) is 16.4. The van der Waals surface area contributed by atoms with E-state index in [1.807, 2.05) is 30.4 Å². The fourth-order valence-electron chi connectivity index (χ4n) is 3.45. The maximum absolute atomic E-state index is 12.6. The van der Waals surface area contributed by atoms with Gasteiger partial charge in [-0.25, -0.2) is 14.8 Å². The molecule has 0 atom stereocenters. The largest absolute Gasteiger partial charge is 0.452 e. The summed E-state index contributed by atoms with van der Waals surface area (Å²) in [6, 6.07) is 12.0. The molecule has 0 saturated carbocycles. The molecule has 2 N–H and O–H groups in total. The van der Waals surface area contributed by atoms with E-state index in [2.05, 4.69) is 24.7 Å². The standard InChI is InChI=1S/C23H15F3N4O2/c24-23(25,26)12-32-22(31)21-19-7-5-17(29-19)10-15-3-1-13(27-15)9-14-2-4-16(28-14)11-18-6-8-20(21)30-18/h1-11,29-30H,12H2. The van der Waals surface area contributed by atoms with Crippen LogP contribution in [0, 0.1) is 0 Å². The van der Waals surface area contributed by atoms with E-state index in [-0.39, 0.29) is 5.56 Å². The maximum atomic E-state index is 12.6. The fraction of sp³-hybridized carbons (Fsp3) is 0.0870. The summed E-state index contributed by atoms with van der Waals surface area (Å²) >= 11 is 0. The fourth-order valence-corrected chi connectivity index (χ4v) is 3.45. The molecule has 0 fully saturated rings. The number of hydrogen-bond donors (Lipinski definition) is 2. The highest BCUT2D eigenvalue weighted by molar-refractivity contribution is 6.04. The second kappa shape index (κ2) is 7.52. The lowest BCUT2D eigenvalue weighted by atomic mass is 10.2. The number of halogens is 3. The zero-order chi connectivity index (χ0) is 22.3. The number of alkyl halides is 3. The monoisotopic (exact) mass is 436 g/mol. The quantitative estimate of drug-likeness (QED) is 0.364. The number of aromatic amines is 2. The van der Waals surface area contributed by atoms with Gasteiger partial charge in [0.15, 0.2) is 6.61 Å². The summed E-state index contributed by atoms with van der Waals surface area (Å²) in [5, 5.41) is 0. The summed E-state index contributed by atoms with van der Waals surface area (Å²) in [5.41, 5.74) is 4.69. The van der Waals surface area contributed by atoms with Gasteiger partial charge in [0.2, 0.25) is 0 Å². The van der Waals surface area contributed by atoms with E-state index in [1.54, 1.807) is 36.4 Å². The van der Waals surface area contributed by atoms with Crippen molar-refractivity contribution < 1.29 is 22.7 Å². The minimum absolute atomic E-state index is 0.0405. The SMILES string of the molecule is O=C(OCC(F)(F)F)c1c2ccc(cc3nc(cc4nc(cc5ccc1[nH]5)C=C4)C=C3)[nH]2. The van der Waals surface area contributed by atoms with Crippen LogP contribution in [0.4, 0.5) is 13.2 Å². The summed E-state index contributed by atoms with van der Waals surface area (Å²) in [6.45, 7) is -1.67. The van der Waals surface area contributed by atoms with Gasteiger partial charge in [0.05, 0.1) is 33.8 Å². The van der Waals surface area contributed by atoms with Gasteiger partial charge in [0, 0.05) is 11.0 Å². The van der Waals surface area contributed by atoms with Crippen LogP contribution in [-0.2, 0) is 4.74 Å². The smallest absolute Gasteiger partial charge is 0.422 e. The number of esters is 1. The predicted octanol–water partition coefficient (Wildman–Crippen LogP) is 5.37. The van der Waals surface area contributed by atoms with E-state index in [0.717, 1.165) is 11.4 Å². The van der Waals surface area contributed by atoms with Gasteiger partial charge in [-0.1, -0.05) is 0 Å². The van der Waals surface area contributed by atoms with Crippen LogP contribution >= 0.6 is 0 Å². The number of carbonyl (C=O) groups excluding carboxylic acids is 1. The van der Waals surface area contributed by atoms with Crippen LogP contribution in [0.1, 0.15) is 33.1 Å². The Hall–Kier alpha value is -4.14. The van der Waals surface area contributed by atoms with Crippen molar-refractivity contribution in [2.75, 3.05) is 6.61 Å². The molecule has 2 aliphatic rings. The molecular weight excluding hydrogens is 421 g/mol. The summed E-state index contributed by atoms with van der Waals surface area (Å²) in [6.07, 6.45) is 2.75. The van der Waals surface area contributed by atoms with Crippen molar-refractivity contribution in [1.82, 2.24) is 19.9 Å². The Labute approximate surface area is 179 Å². The average molecular weight is 436 g/mol. The molecule has 0 aliphatic carbocycles. The van der Waals surface area contributed by atoms with Crippen LogP contribution in [0.15, 0.2) is 42.5 Å². The highest BCUT2D eigenvalue weighted by Gasteiger charge is 2.30. The first-order valence-electron chi connectivity index (χ1n) is 9.64. The Morgan fingerprint density at radius 3 is 1.72 bits per heavy atom. The molecule has 0 unspecified atom stereocenters. The molecule has 3 aromatic rings. The van der Waals surface area contributed by atoms with E-state index in [9.17, 15) is 18.0 Å². The van der Waals surface area contributed by atoms with E-state index < -0.39 is 18.8 Å². The summed E-state index contributed by atoms with van der Waals surface area (Å²) in [7, 11) is 0. The van der Waals surface area contributed by atoms with Crippen molar-refractivity contribution in [1.29, 1.82) is 0 Å². The molecule has 5 heterocycles. The predicted molar refractivity (Wildman–Crippen MR) is 115 cm³/mol. The van der Waals surface area contributed by atoms with Crippen molar-refractivity contribution in [3.8, 4) is 0 Å². The van der Waals surface area contributed by atoms with Crippen molar-refractivity contribution >= 4 is 52.3 Å². The maximum Gasteiger partial charge on any atom is 0.422 e. The third-order valence-corrected chi connectivity index (χ3v) is 4.80. The van der Waals surface area contributed by atoms with Crippen molar-refractivity contribution in [3.05, 3.63) is 70.8 Å². The van der Waals surface area contributed by atoms with Crippen LogP contribution in [-0.4, -0.2) is 38.7 Å². The Bertz CT molecular complexity index is 1350. The molecule has 32 heavy (non-hydrogen) atoms. The number of aromatic nitrogens is 4. The van der Waals surface area contributed by atoms with Crippen molar-refractivity contribution in [2.24, 2.45) is 0 Å². The van der Waals surface area contributed by atoms with Gasteiger partial charge in [-0.3, -0.25) is 0 Å².